The van der Waals surface area contributed by atoms with Crippen LogP contribution in [0.2, 0.25) is 0 Å². The van der Waals surface area contributed by atoms with Crippen LogP contribution in [0.3, 0.4) is 0 Å². The van der Waals surface area contributed by atoms with Crippen LogP contribution in [0.5, 0.6) is 5.75 Å². The molecule has 2 rings (SSSR count). The summed E-state index contributed by atoms with van der Waals surface area (Å²) >= 11 is 0. The van der Waals surface area contributed by atoms with Gasteiger partial charge in [0.25, 0.3) is 0 Å². The number of hydrogen-bond acceptors (Lipinski definition) is 4. The highest BCUT2D eigenvalue weighted by atomic mass is 19.1. The Hall–Kier alpha value is -2.47. The molecule has 1 N–H and O–H groups in total. The van der Waals surface area contributed by atoms with E-state index in [1.54, 1.807) is 12.1 Å². The highest BCUT2D eigenvalue weighted by Gasteiger charge is 2.14. The van der Waals surface area contributed by atoms with Crippen molar-refractivity contribution in [1.82, 2.24) is 0 Å². The van der Waals surface area contributed by atoms with Crippen LogP contribution in [-0.2, 0) is 13.0 Å². The zero-order valence-electron chi connectivity index (χ0n) is 11.2. The smallest absolute Gasteiger partial charge is 0.304 e. The first-order chi connectivity index (χ1) is 10.1. The monoisotopic (exact) mass is 291 g/mol. The predicted octanol–water partition coefficient (Wildman–Crippen LogP) is 2.85. The van der Waals surface area contributed by atoms with Crippen molar-refractivity contribution in [1.29, 1.82) is 0 Å². The maximum Gasteiger partial charge on any atom is 0.304 e. The van der Waals surface area contributed by atoms with Crippen molar-refractivity contribution in [3.63, 3.8) is 0 Å². The Morgan fingerprint density at radius 1 is 1.24 bits per heavy atom. The second-order valence-electron chi connectivity index (χ2n) is 4.41. The van der Waals surface area contributed by atoms with Crippen LogP contribution in [-0.4, -0.2) is 16.6 Å². The van der Waals surface area contributed by atoms with E-state index in [1.807, 2.05) is 12.1 Å². The number of benzene rings is 2. The number of nitro groups is 1. The highest BCUT2D eigenvalue weighted by molar-refractivity contribution is 5.36. The molecule has 0 spiro atoms. The summed E-state index contributed by atoms with van der Waals surface area (Å²) in [6, 6.07) is 10.9. The Labute approximate surface area is 120 Å². The third-order valence-electron chi connectivity index (χ3n) is 2.96. The van der Waals surface area contributed by atoms with Crippen LogP contribution in [0.15, 0.2) is 42.5 Å². The molecular weight excluding hydrogens is 277 g/mol. The van der Waals surface area contributed by atoms with Crippen molar-refractivity contribution in [3.8, 4) is 5.75 Å². The van der Waals surface area contributed by atoms with Crippen molar-refractivity contribution in [2.24, 2.45) is 0 Å². The fraction of sp³-hybridized carbons (Fsp3) is 0.200. The molecule has 0 saturated carbocycles. The van der Waals surface area contributed by atoms with Gasteiger partial charge in [0.05, 0.1) is 4.92 Å². The van der Waals surface area contributed by atoms with Gasteiger partial charge in [-0.15, -0.1) is 0 Å². The van der Waals surface area contributed by atoms with Crippen LogP contribution >= 0.6 is 0 Å². The molecule has 5 nitrogen and oxygen atoms in total. The molecule has 2 aromatic carbocycles. The number of aliphatic hydroxyl groups excluding tert-OH is 1. The van der Waals surface area contributed by atoms with Gasteiger partial charge < -0.3 is 9.84 Å². The standard InChI is InChI=1S/C15H14FNO4/c16-13-9-11(5-6-14(13)17(19)20)10-21-15-4-2-1-3-12(15)7-8-18/h1-6,9,18H,7-8,10H2. The van der Waals surface area contributed by atoms with Gasteiger partial charge in [-0.2, -0.15) is 4.39 Å². The molecule has 0 bridgehead atoms. The molecule has 0 amide bonds. The van der Waals surface area contributed by atoms with Crippen molar-refractivity contribution in [2.75, 3.05) is 6.61 Å². The third-order valence-corrected chi connectivity index (χ3v) is 2.96. The van der Waals surface area contributed by atoms with Crippen molar-refractivity contribution < 1.29 is 19.2 Å². The highest BCUT2D eigenvalue weighted by Crippen LogP contribution is 2.22. The Balaban J connectivity index is 2.10. The summed E-state index contributed by atoms with van der Waals surface area (Å²) in [4.78, 5) is 9.77. The lowest BCUT2D eigenvalue weighted by atomic mass is 10.1. The fourth-order valence-corrected chi connectivity index (χ4v) is 1.92. The maximum absolute atomic E-state index is 13.5. The number of ether oxygens (including phenoxy) is 1. The van der Waals surface area contributed by atoms with Gasteiger partial charge >= 0.3 is 5.69 Å². The summed E-state index contributed by atoms with van der Waals surface area (Å²) in [5, 5.41) is 19.5. The van der Waals surface area contributed by atoms with Gasteiger partial charge in [-0.25, -0.2) is 0 Å². The molecule has 0 aliphatic carbocycles. The largest absolute Gasteiger partial charge is 0.489 e. The Kier molecular flexibility index (Phi) is 4.84. The fourth-order valence-electron chi connectivity index (χ4n) is 1.92. The average molecular weight is 291 g/mol. The van der Waals surface area contributed by atoms with E-state index in [-0.39, 0.29) is 13.2 Å². The van der Waals surface area contributed by atoms with Gasteiger partial charge in [0.15, 0.2) is 0 Å². The number of nitrogens with zero attached hydrogens (tertiary/aromatic N) is 1. The molecule has 0 atom stereocenters. The van der Waals surface area contributed by atoms with Crippen LogP contribution in [0.4, 0.5) is 10.1 Å². The van der Waals surface area contributed by atoms with E-state index in [2.05, 4.69) is 0 Å². The number of nitro benzene ring substituents is 1. The average Bonchev–Trinajstić information content (AvgIpc) is 2.46. The van der Waals surface area contributed by atoms with E-state index >= 15 is 0 Å². The SMILES string of the molecule is O=[N+]([O-])c1ccc(COc2ccccc2CCO)cc1F. The summed E-state index contributed by atoms with van der Waals surface area (Å²) in [5.41, 5.74) is 0.790. The second-order valence-corrected chi connectivity index (χ2v) is 4.41. The van der Waals surface area contributed by atoms with Crippen molar-refractivity contribution in [2.45, 2.75) is 13.0 Å². The van der Waals surface area contributed by atoms with E-state index < -0.39 is 16.4 Å². The predicted molar refractivity (Wildman–Crippen MR) is 74.6 cm³/mol. The first-order valence-corrected chi connectivity index (χ1v) is 6.36. The molecule has 0 aromatic heterocycles. The van der Waals surface area contributed by atoms with Gasteiger partial charge in [0, 0.05) is 12.7 Å². The van der Waals surface area contributed by atoms with Crippen LogP contribution in [0.1, 0.15) is 11.1 Å². The van der Waals surface area contributed by atoms with E-state index in [0.717, 1.165) is 17.7 Å². The molecule has 0 saturated heterocycles. The number of hydrogen-bond donors (Lipinski definition) is 1. The minimum Gasteiger partial charge on any atom is -0.489 e. The Morgan fingerprint density at radius 2 is 2.00 bits per heavy atom. The van der Waals surface area contributed by atoms with Gasteiger partial charge in [-0.3, -0.25) is 10.1 Å². The number of halogens is 1. The van der Waals surface area contributed by atoms with E-state index in [4.69, 9.17) is 9.84 Å². The first-order valence-electron chi connectivity index (χ1n) is 6.36. The van der Waals surface area contributed by atoms with Crippen molar-refractivity contribution >= 4 is 5.69 Å². The molecular formula is C15H14FNO4. The first kappa shape index (κ1) is 14.9. The van der Waals surface area contributed by atoms with Crippen LogP contribution < -0.4 is 4.74 Å². The molecule has 21 heavy (non-hydrogen) atoms. The van der Waals surface area contributed by atoms with Gasteiger partial charge in [0.1, 0.15) is 12.4 Å². The maximum atomic E-state index is 13.5. The molecule has 0 aliphatic rings. The Morgan fingerprint density at radius 3 is 2.67 bits per heavy atom. The number of para-hydroxylation sites is 1. The van der Waals surface area contributed by atoms with E-state index in [1.165, 1.54) is 6.07 Å². The van der Waals surface area contributed by atoms with Gasteiger partial charge in [-0.1, -0.05) is 18.2 Å². The minimum absolute atomic E-state index is 0.00648. The van der Waals surface area contributed by atoms with Gasteiger partial charge in [0.2, 0.25) is 5.82 Å². The topological polar surface area (TPSA) is 72.6 Å². The van der Waals surface area contributed by atoms with E-state index in [0.29, 0.717) is 17.7 Å². The molecule has 110 valence electrons. The normalized spacial score (nSPS) is 10.4. The summed E-state index contributed by atoms with van der Waals surface area (Å²) < 4.78 is 19.1. The zero-order chi connectivity index (χ0) is 15.2. The number of aliphatic hydroxyl groups is 1. The molecule has 2 aromatic rings. The zero-order valence-corrected chi connectivity index (χ0v) is 11.2. The minimum atomic E-state index is -0.884. The summed E-state index contributed by atoms with van der Waals surface area (Å²) in [7, 11) is 0. The Bertz CT molecular complexity index is 645. The number of rotatable bonds is 6. The van der Waals surface area contributed by atoms with Crippen LogP contribution in [0.25, 0.3) is 0 Å². The second kappa shape index (κ2) is 6.81. The molecule has 0 radical (unpaired) electrons. The lowest BCUT2D eigenvalue weighted by Crippen LogP contribution is -2.01. The summed E-state index contributed by atoms with van der Waals surface area (Å²) in [6.07, 6.45) is 0.463. The molecule has 0 aliphatic heterocycles. The summed E-state index contributed by atoms with van der Waals surface area (Å²) in [6.45, 7) is 0.101. The summed E-state index contributed by atoms with van der Waals surface area (Å²) in [5.74, 6) is -0.282. The molecule has 0 unspecified atom stereocenters. The van der Waals surface area contributed by atoms with Crippen molar-refractivity contribution in [3.05, 3.63) is 69.5 Å². The quantitative estimate of drug-likeness (QED) is 0.656. The van der Waals surface area contributed by atoms with Crippen LogP contribution in [0, 0.1) is 15.9 Å². The third kappa shape index (κ3) is 3.76. The molecule has 0 heterocycles. The lowest BCUT2D eigenvalue weighted by molar-refractivity contribution is -0.387. The van der Waals surface area contributed by atoms with E-state index in [9.17, 15) is 14.5 Å². The lowest BCUT2D eigenvalue weighted by Gasteiger charge is -2.10. The molecule has 6 heteroatoms. The van der Waals surface area contributed by atoms with Gasteiger partial charge in [-0.05, 0) is 35.7 Å². The molecule has 0 fully saturated rings.